The van der Waals surface area contributed by atoms with Crippen LogP contribution < -0.4 is 4.90 Å². The van der Waals surface area contributed by atoms with Gasteiger partial charge in [0.05, 0.1) is 16.2 Å². The largest absolute Gasteiger partial charge is 0.333 e. The number of nitrogens with zero attached hydrogens (tertiary/aromatic N) is 2. The number of para-hydroxylation sites is 1. The Morgan fingerprint density at radius 3 is 2.06 bits per heavy atom. The van der Waals surface area contributed by atoms with E-state index in [2.05, 4.69) is 0 Å². The van der Waals surface area contributed by atoms with Crippen molar-refractivity contribution in [2.45, 2.75) is 11.8 Å². The van der Waals surface area contributed by atoms with Crippen molar-refractivity contribution in [1.29, 1.82) is 0 Å². The summed E-state index contributed by atoms with van der Waals surface area (Å²) < 4.78 is 6.93. The highest BCUT2D eigenvalue weighted by atomic mass is 16.6. The van der Waals surface area contributed by atoms with Gasteiger partial charge in [-0.15, -0.1) is 0 Å². The highest BCUT2D eigenvalue weighted by Crippen LogP contribution is 2.55. The van der Waals surface area contributed by atoms with Crippen LogP contribution in [0.4, 0.5) is 11.4 Å². The molecule has 0 saturated heterocycles. The van der Waals surface area contributed by atoms with Crippen LogP contribution in [0.1, 0.15) is 38.8 Å². The van der Waals surface area contributed by atoms with Crippen LogP contribution in [0, 0.1) is 10.1 Å². The minimum absolute atomic E-state index is 0.118. The fourth-order valence-corrected chi connectivity index (χ4v) is 4.96. The van der Waals surface area contributed by atoms with Gasteiger partial charge < -0.3 is 4.74 Å². The fourth-order valence-electron chi connectivity index (χ4n) is 4.96. The SMILES string of the molecule is O=C1c2cc([N+](=O)[O-])ccc2C2OC(c3ccccc3)(c3ccccc3)c3ccccc3N12. The Labute approximate surface area is 189 Å². The number of carbonyl (C=O) groups is 1. The lowest BCUT2D eigenvalue weighted by Crippen LogP contribution is -2.45. The van der Waals surface area contributed by atoms with Gasteiger partial charge in [0.25, 0.3) is 11.6 Å². The number of hydrogen-bond donors (Lipinski definition) is 0. The molecule has 6 nitrogen and oxygen atoms in total. The van der Waals surface area contributed by atoms with Gasteiger partial charge in [0.15, 0.2) is 6.23 Å². The summed E-state index contributed by atoms with van der Waals surface area (Å²) in [6, 6.07) is 32.0. The van der Waals surface area contributed by atoms with Crippen LogP contribution in [0.2, 0.25) is 0 Å². The van der Waals surface area contributed by atoms with Crippen LogP contribution in [-0.4, -0.2) is 10.8 Å². The lowest BCUT2D eigenvalue weighted by molar-refractivity contribution is -0.384. The number of anilines is 1. The summed E-state index contributed by atoms with van der Waals surface area (Å²) in [5.74, 6) is -0.305. The first kappa shape index (κ1) is 19.4. The minimum atomic E-state index is -0.968. The first-order chi connectivity index (χ1) is 16.1. The van der Waals surface area contributed by atoms with Gasteiger partial charge in [-0.05, 0) is 23.3 Å². The number of rotatable bonds is 3. The molecule has 4 aromatic rings. The summed E-state index contributed by atoms with van der Waals surface area (Å²) in [6.45, 7) is 0. The Balaban J connectivity index is 1.66. The van der Waals surface area contributed by atoms with E-state index in [1.807, 2.05) is 84.9 Å². The molecule has 2 aliphatic heterocycles. The molecule has 0 aromatic heterocycles. The monoisotopic (exact) mass is 434 g/mol. The highest BCUT2D eigenvalue weighted by molar-refractivity contribution is 6.12. The molecule has 4 aromatic carbocycles. The van der Waals surface area contributed by atoms with Gasteiger partial charge in [0.1, 0.15) is 5.60 Å². The summed E-state index contributed by atoms with van der Waals surface area (Å²) in [6.07, 6.45) is -0.719. The third-order valence-corrected chi connectivity index (χ3v) is 6.39. The average molecular weight is 434 g/mol. The van der Waals surface area contributed by atoms with Crippen LogP contribution in [0.15, 0.2) is 103 Å². The normalized spacial score (nSPS) is 17.8. The number of non-ortho nitro benzene ring substituents is 1. The van der Waals surface area contributed by atoms with Gasteiger partial charge in [-0.25, -0.2) is 0 Å². The maximum Gasteiger partial charge on any atom is 0.270 e. The van der Waals surface area contributed by atoms with E-state index < -0.39 is 16.8 Å². The molecule has 0 N–H and O–H groups in total. The highest BCUT2D eigenvalue weighted by Gasteiger charge is 2.52. The number of ether oxygens (including phenoxy) is 1. The molecule has 0 radical (unpaired) electrons. The molecule has 2 heterocycles. The van der Waals surface area contributed by atoms with Gasteiger partial charge in [0, 0.05) is 23.3 Å². The molecule has 160 valence electrons. The zero-order valence-corrected chi connectivity index (χ0v) is 17.4. The van der Waals surface area contributed by atoms with Crippen molar-refractivity contribution in [3.63, 3.8) is 0 Å². The molecular weight excluding hydrogens is 416 g/mol. The van der Waals surface area contributed by atoms with E-state index >= 15 is 0 Å². The Hall–Kier alpha value is -4.29. The Morgan fingerprint density at radius 2 is 1.42 bits per heavy atom. The predicted molar refractivity (Wildman–Crippen MR) is 123 cm³/mol. The van der Waals surface area contributed by atoms with E-state index in [0.717, 1.165) is 22.4 Å². The second-order valence-corrected chi connectivity index (χ2v) is 8.10. The topological polar surface area (TPSA) is 72.7 Å². The van der Waals surface area contributed by atoms with E-state index in [-0.39, 0.29) is 11.6 Å². The maximum atomic E-state index is 13.5. The number of nitro groups is 1. The van der Waals surface area contributed by atoms with Crippen molar-refractivity contribution in [3.8, 4) is 0 Å². The van der Waals surface area contributed by atoms with Crippen molar-refractivity contribution >= 4 is 17.3 Å². The lowest BCUT2D eigenvalue weighted by atomic mass is 9.78. The third kappa shape index (κ3) is 2.68. The second kappa shape index (κ2) is 7.12. The predicted octanol–water partition coefficient (Wildman–Crippen LogP) is 5.58. The van der Waals surface area contributed by atoms with Crippen LogP contribution in [-0.2, 0) is 10.3 Å². The maximum absolute atomic E-state index is 13.5. The van der Waals surface area contributed by atoms with Gasteiger partial charge in [-0.1, -0.05) is 78.9 Å². The Kier molecular flexibility index (Phi) is 4.18. The molecule has 0 aliphatic carbocycles. The Bertz CT molecular complexity index is 1360. The van der Waals surface area contributed by atoms with Crippen molar-refractivity contribution in [3.05, 3.63) is 141 Å². The molecule has 6 rings (SSSR count). The van der Waals surface area contributed by atoms with E-state index in [9.17, 15) is 14.9 Å². The van der Waals surface area contributed by atoms with Crippen LogP contribution in [0.3, 0.4) is 0 Å². The number of fused-ring (bicyclic) bond motifs is 5. The first-order valence-corrected chi connectivity index (χ1v) is 10.6. The summed E-state index contributed by atoms with van der Waals surface area (Å²) in [5, 5.41) is 11.3. The molecule has 0 fully saturated rings. The van der Waals surface area contributed by atoms with Gasteiger partial charge in [0.2, 0.25) is 0 Å². The van der Waals surface area contributed by atoms with E-state index in [1.165, 1.54) is 12.1 Å². The zero-order chi connectivity index (χ0) is 22.6. The van der Waals surface area contributed by atoms with Crippen LogP contribution in [0.25, 0.3) is 0 Å². The lowest BCUT2D eigenvalue weighted by Gasteiger charge is -2.46. The van der Waals surface area contributed by atoms with Gasteiger partial charge in [-0.3, -0.25) is 19.8 Å². The van der Waals surface area contributed by atoms with Crippen molar-refractivity contribution in [2.24, 2.45) is 0 Å². The molecule has 0 spiro atoms. The first-order valence-electron chi connectivity index (χ1n) is 10.6. The van der Waals surface area contributed by atoms with E-state index in [0.29, 0.717) is 11.1 Å². The standard InChI is InChI=1S/C27H18N2O4/c30-25-22-17-20(29(31)32)15-16-21(22)26-28(25)24-14-8-7-13-23(24)27(33-26,18-9-3-1-4-10-18)19-11-5-2-6-12-19/h1-17,26H. The fraction of sp³-hybridized carbons (Fsp3) is 0.0741. The number of nitro benzene ring substituents is 1. The van der Waals surface area contributed by atoms with Crippen molar-refractivity contribution < 1.29 is 14.5 Å². The number of benzene rings is 4. The van der Waals surface area contributed by atoms with Crippen LogP contribution >= 0.6 is 0 Å². The number of hydrogen-bond acceptors (Lipinski definition) is 4. The third-order valence-electron chi connectivity index (χ3n) is 6.39. The molecule has 1 amide bonds. The van der Waals surface area contributed by atoms with E-state index in [4.69, 9.17) is 4.74 Å². The Morgan fingerprint density at radius 1 is 0.818 bits per heavy atom. The van der Waals surface area contributed by atoms with Crippen molar-refractivity contribution in [1.82, 2.24) is 0 Å². The molecule has 1 unspecified atom stereocenters. The average Bonchev–Trinajstić information content (AvgIpc) is 3.15. The van der Waals surface area contributed by atoms with E-state index in [1.54, 1.807) is 11.0 Å². The zero-order valence-electron chi connectivity index (χ0n) is 17.4. The molecular formula is C27H18N2O4. The molecule has 0 saturated carbocycles. The van der Waals surface area contributed by atoms with Gasteiger partial charge >= 0.3 is 0 Å². The molecule has 0 bridgehead atoms. The van der Waals surface area contributed by atoms with Crippen LogP contribution in [0.5, 0.6) is 0 Å². The number of carbonyl (C=O) groups excluding carboxylic acids is 1. The molecule has 2 aliphatic rings. The smallest absolute Gasteiger partial charge is 0.270 e. The summed E-state index contributed by atoms with van der Waals surface area (Å²) in [5.41, 5.74) is 3.27. The number of amides is 1. The van der Waals surface area contributed by atoms with Gasteiger partial charge in [-0.2, -0.15) is 0 Å². The molecule has 33 heavy (non-hydrogen) atoms. The minimum Gasteiger partial charge on any atom is -0.333 e. The quantitative estimate of drug-likeness (QED) is 0.312. The second-order valence-electron chi connectivity index (χ2n) is 8.10. The molecule has 6 heteroatoms. The summed E-state index contributed by atoms with van der Waals surface area (Å²) >= 11 is 0. The summed E-state index contributed by atoms with van der Waals surface area (Å²) in [4.78, 5) is 25.9. The molecule has 1 atom stereocenters. The summed E-state index contributed by atoms with van der Waals surface area (Å²) in [7, 11) is 0. The van der Waals surface area contributed by atoms with Crippen molar-refractivity contribution in [2.75, 3.05) is 4.90 Å².